The quantitative estimate of drug-likeness (QED) is 0.163. The molecule has 13 rings (SSSR count). The van der Waals surface area contributed by atoms with E-state index in [9.17, 15) is 0 Å². The molecule has 394 valence electrons. The Morgan fingerprint density at radius 2 is 0.519 bits per heavy atom. The molecule has 0 unspecified atom stereocenters. The van der Waals surface area contributed by atoms with Gasteiger partial charge in [0.25, 0.3) is 6.71 Å². The van der Waals surface area contributed by atoms with Crippen LogP contribution in [0, 0.1) is 0 Å². The average Bonchev–Trinajstić information content (AvgIpc) is 3.00. The van der Waals surface area contributed by atoms with Crippen LogP contribution in [-0.4, -0.2) is 15.8 Å². The maximum absolute atomic E-state index is 2.63. The number of anilines is 6. The van der Waals surface area contributed by atoms with Crippen LogP contribution in [0.3, 0.4) is 0 Å². The normalized spacial score (nSPS) is 13.9. The summed E-state index contributed by atoms with van der Waals surface area (Å²) in [6.07, 6.45) is 0. The van der Waals surface area contributed by atoms with Crippen molar-refractivity contribution < 1.29 is 0 Å². The molecule has 9 aromatic carbocycles. The number of benzene rings is 9. The van der Waals surface area contributed by atoms with Crippen LogP contribution in [0.2, 0.25) is 0 Å². The molecule has 2 aliphatic heterocycles. The first-order valence-electron chi connectivity index (χ1n) is 28.7. The van der Waals surface area contributed by atoms with Crippen molar-refractivity contribution in [2.75, 3.05) is 9.80 Å². The third-order valence-electron chi connectivity index (χ3n) is 17.5. The molecule has 79 heavy (non-hydrogen) atoms. The maximum Gasteiger partial charge on any atom is 0.252 e. The van der Waals surface area contributed by atoms with Crippen LogP contribution in [-0.2, 0) is 27.1 Å². The standard InChI is InChI=1S/C74H75BN4/c1-70(2,3)46-32-36-51-52-37-33-47(71(4,5)6)41-64(52)78(63(51)40-46)61-30-22-20-28-59(61)76-57-26-18-16-24-55(57)75-56-25-17-19-27-58(56)77(68-45-50(74(13,14)15)44-67(76)69(68)75)60-29-21-23-31-62(60)79-65-42-48(72(7,8)9)34-38-53(65)54-39-35-49(43-66(54)79)73(10,11)12/h16-45H,1-15H3. The average molecular weight is 1030 g/mol. The second kappa shape index (κ2) is 17.4. The van der Waals surface area contributed by atoms with E-state index >= 15 is 0 Å². The van der Waals surface area contributed by atoms with E-state index in [1.807, 2.05) is 0 Å². The van der Waals surface area contributed by atoms with Gasteiger partial charge in [0.2, 0.25) is 0 Å². The summed E-state index contributed by atoms with van der Waals surface area (Å²) in [6, 6.07) is 70.6. The van der Waals surface area contributed by atoms with Crippen molar-refractivity contribution in [3.63, 3.8) is 0 Å². The molecular formula is C74H75BN4. The first-order chi connectivity index (χ1) is 37.4. The monoisotopic (exact) mass is 1030 g/mol. The van der Waals surface area contributed by atoms with Crippen molar-refractivity contribution in [3.05, 3.63) is 210 Å². The predicted molar refractivity (Wildman–Crippen MR) is 343 cm³/mol. The molecule has 0 aliphatic carbocycles. The lowest BCUT2D eigenvalue weighted by Crippen LogP contribution is -2.61. The van der Waals surface area contributed by atoms with Gasteiger partial charge in [-0.3, -0.25) is 0 Å². The highest BCUT2D eigenvalue weighted by Crippen LogP contribution is 2.50. The third kappa shape index (κ3) is 8.00. The molecule has 0 N–H and O–H groups in total. The summed E-state index contributed by atoms with van der Waals surface area (Å²) in [6.45, 7) is 35.0. The highest BCUT2D eigenvalue weighted by Gasteiger charge is 2.45. The van der Waals surface area contributed by atoms with Gasteiger partial charge in [0.15, 0.2) is 0 Å². The van der Waals surface area contributed by atoms with Gasteiger partial charge in [-0.05, 0) is 144 Å². The van der Waals surface area contributed by atoms with Gasteiger partial charge in [0.1, 0.15) is 0 Å². The highest BCUT2D eigenvalue weighted by atomic mass is 15.2. The molecule has 0 saturated carbocycles. The number of hydrogen-bond acceptors (Lipinski definition) is 2. The fraction of sp³-hybridized carbons (Fsp3) is 0.270. The van der Waals surface area contributed by atoms with Crippen molar-refractivity contribution in [2.45, 2.75) is 131 Å². The largest absolute Gasteiger partial charge is 0.309 e. The summed E-state index contributed by atoms with van der Waals surface area (Å²) in [7, 11) is 0. The van der Waals surface area contributed by atoms with Crippen LogP contribution in [0.4, 0.5) is 34.1 Å². The van der Waals surface area contributed by atoms with Crippen LogP contribution in [0.5, 0.6) is 0 Å². The van der Waals surface area contributed by atoms with Gasteiger partial charge in [-0.2, -0.15) is 0 Å². The van der Waals surface area contributed by atoms with Gasteiger partial charge in [-0.25, -0.2) is 0 Å². The summed E-state index contributed by atoms with van der Waals surface area (Å²) in [5.41, 5.74) is 24.4. The maximum atomic E-state index is 2.63. The van der Waals surface area contributed by atoms with Crippen molar-refractivity contribution in [3.8, 4) is 11.4 Å². The Kier molecular flexibility index (Phi) is 11.2. The topological polar surface area (TPSA) is 16.3 Å². The molecule has 2 aromatic heterocycles. The third-order valence-corrected chi connectivity index (χ3v) is 17.5. The molecule has 0 atom stereocenters. The molecule has 0 fully saturated rings. The summed E-state index contributed by atoms with van der Waals surface area (Å²) in [4.78, 5) is 5.25. The van der Waals surface area contributed by atoms with Gasteiger partial charge in [0, 0.05) is 44.3 Å². The fourth-order valence-electron chi connectivity index (χ4n) is 13.0. The highest BCUT2D eigenvalue weighted by molar-refractivity contribution is 7.00. The molecule has 0 amide bonds. The lowest BCUT2D eigenvalue weighted by Gasteiger charge is -2.45. The Morgan fingerprint density at radius 3 is 0.810 bits per heavy atom. The smallest absolute Gasteiger partial charge is 0.252 e. The van der Waals surface area contributed by atoms with E-state index in [4.69, 9.17) is 0 Å². The zero-order valence-electron chi connectivity index (χ0n) is 49.2. The minimum absolute atomic E-state index is 0.0212. The van der Waals surface area contributed by atoms with Gasteiger partial charge >= 0.3 is 0 Å². The molecule has 0 saturated heterocycles. The number of nitrogens with zero attached hydrogens (tertiary/aromatic N) is 4. The van der Waals surface area contributed by atoms with Crippen LogP contribution in [0.15, 0.2) is 182 Å². The van der Waals surface area contributed by atoms with E-state index < -0.39 is 0 Å². The molecule has 4 nitrogen and oxygen atoms in total. The molecule has 0 spiro atoms. The Balaban J connectivity index is 1.12. The first-order valence-corrected chi connectivity index (χ1v) is 28.7. The molecule has 0 radical (unpaired) electrons. The van der Waals surface area contributed by atoms with Gasteiger partial charge in [0.05, 0.1) is 44.8 Å². The minimum atomic E-state index is -0.190. The van der Waals surface area contributed by atoms with E-state index in [0.717, 1.165) is 22.7 Å². The summed E-state index contributed by atoms with van der Waals surface area (Å²) in [5.74, 6) is 0. The molecule has 5 heteroatoms. The van der Waals surface area contributed by atoms with Gasteiger partial charge in [-0.1, -0.05) is 213 Å². The zero-order chi connectivity index (χ0) is 55.5. The Labute approximate surface area is 469 Å². The van der Waals surface area contributed by atoms with Crippen LogP contribution in [0.1, 0.15) is 132 Å². The van der Waals surface area contributed by atoms with Crippen LogP contribution < -0.4 is 26.2 Å². The molecule has 0 bridgehead atoms. The first kappa shape index (κ1) is 50.7. The van der Waals surface area contributed by atoms with Crippen molar-refractivity contribution in [2.24, 2.45) is 0 Å². The Morgan fingerprint density at radius 1 is 0.253 bits per heavy atom. The Hall–Kier alpha value is -7.76. The summed E-state index contributed by atoms with van der Waals surface area (Å²) < 4.78 is 5.16. The molecule has 2 aliphatic rings. The predicted octanol–water partition coefficient (Wildman–Crippen LogP) is 18.5. The lowest BCUT2D eigenvalue weighted by molar-refractivity contribution is 0.590. The van der Waals surface area contributed by atoms with Crippen LogP contribution >= 0.6 is 0 Å². The van der Waals surface area contributed by atoms with E-state index in [1.165, 1.54) is 111 Å². The van der Waals surface area contributed by atoms with E-state index in [-0.39, 0.29) is 33.8 Å². The summed E-state index contributed by atoms with van der Waals surface area (Å²) >= 11 is 0. The molecule has 11 aromatic rings. The second-order valence-electron chi connectivity index (χ2n) is 28.0. The number of fused-ring (bicyclic) bond motifs is 10. The van der Waals surface area contributed by atoms with Crippen molar-refractivity contribution in [1.29, 1.82) is 0 Å². The van der Waals surface area contributed by atoms with E-state index in [1.54, 1.807) is 0 Å². The zero-order valence-corrected chi connectivity index (χ0v) is 49.2. The molecular weight excluding hydrogens is 956 g/mol. The SMILES string of the molecule is CC(C)(C)c1cc2c3c(c1)N(c1ccccc1-n1c4cc(C(C)(C)C)ccc4c4ccc(C(C)(C)C)cc41)c1ccccc1B3c1ccccc1N2c1ccccc1-n1c2cc(C(C)(C)C)ccc2c2ccc(C(C)(C)C)cc21. The molecule has 4 heterocycles. The van der Waals surface area contributed by atoms with Crippen LogP contribution in [0.25, 0.3) is 55.0 Å². The van der Waals surface area contributed by atoms with E-state index in [0.29, 0.717) is 0 Å². The number of rotatable bonds is 4. The van der Waals surface area contributed by atoms with Gasteiger partial charge < -0.3 is 18.9 Å². The minimum Gasteiger partial charge on any atom is -0.309 e. The summed E-state index contributed by atoms with van der Waals surface area (Å²) in [5, 5.41) is 5.07. The van der Waals surface area contributed by atoms with Gasteiger partial charge in [-0.15, -0.1) is 0 Å². The second-order valence-corrected chi connectivity index (χ2v) is 28.0. The van der Waals surface area contributed by atoms with Crippen molar-refractivity contribution in [1.82, 2.24) is 9.13 Å². The Bertz CT molecular complexity index is 3890. The number of para-hydroxylation sites is 6. The van der Waals surface area contributed by atoms with Crippen molar-refractivity contribution >= 4 is 101 Å². The number of aromatic nitrogens is 2. The van der Waals surface area contributed by atoms with E-state index in [2.05, 4.69) is 305 Å². The fourth-order valence-corrected chi connectivity index (χ4v) is 13.0. The number of hydrogen-bond donors (Lipinski definition) is 0. The lowest BCUT2D eigenvalue weighted by atomic mass is 9.33.